The Morgan fingerprint density at radius 3 is 2.53 bits per heavy atom. The summed E-state index contributed by atoms with van der Waals surface area (Å²) in [5.41, 5.74) is -5.12. The quantitative estimate of drug-likeness (QED) is 0.485. The number of carboxylic acids is 1. The minimum atomic E-state index is -5.92. The number of halogens is 3. The molecule has 0 aromatic rings. The topological polar surface area (TPSA) is 80.7 Å². The molecule has 0 aromatic carbocycles. The molecule has 0 saturated heterocycles. The number of hydrogen-bond acceptors (Lipinski definition) is 4. The Labute approximate surface area is 174 Å². The van der Waals surface area contributed by atoms with E-state index in [1.807, 2.05) is 13.0 Å². The molecular weight excluding hydrogens is 421 g/mol. The molecule has 1 unspecified atom stereocenters. The van der Waals surface area contributed by atoms with Crippen molar-refractivity contribution in [3.05, 3.63) is 23.5 Å². The normalized spacial score (nSPS) is 41.1. The number of allylic oxidation sites excluding steroid dienone is 3. The minimum Gasteiger partial charge on any atom is -0.481 e. The molecule has 0 radical (unpaired) electrons. The average molecular weight is 449 g/mol. The number of carbonyl (C=O) groups is 1. The van der Waals surface area contributed by atoms with Crippen LogP contribution in [-0.2, 0) is 19.1 Å². The number of fused-ring (bicyclic) bond motifs is 5. The lowest BCUT2D eigenvalue weighted by Crippen LogP contribution is -2.49. The van der Waals surface area contributed by atoms with Crippen LogP contribution in [0.5, 0.6) is 0 Å². The Morgan fingerprint density at radius 1 is 1.20 bits per heavy atom. The van der Waals surface area contributed by atoms with Crippen molar-refractivity contribution in [2.45, 2.75) is 64.3 Å². The van der Waals surface area contributed by atoms with Gasteiger partial charge in [0, 0.05) is 0 Å². The number of alkyl halides is 3. The molecule has 2 fully saturated rings. The summed E-state index contributed by atoms with van der Waals surface area (Å²) in [5.74, 6) is -2.23. The first-order valence-corrected chi connectivity index (χ1v) is 11.9. The summed E-state index contributed by atoms with van der Waals surface area (Å²) in [6.45, 7) is 4.33. The van der Waals surface area contributed by atoms with Crippen molar-refractivity contribution in [1.29, 1.82) is 0 Å². The molecular formula is C21H27F3O5S. The van der Waals surface area contributed by atoms with Gasteiger partial charge in [-0.3, -0.25) is 4.79 Å². The fourth-order valence-electron chi connectivity index (χ4n) is 6.85. The zero-order valence-corrected chi connectivity index (χ0v) is 17.9. The van der Waals surface area contributed by atoms with Crippen LogP contribution in [0.15, 0.2) is 23.5 Å². The molecule has 0 heterocycles. The third-order valence-electron chi connectivity index (χ3n) is 8.36. The zero-order chi connectivity index (χ0) is 22.1. The van der Waals surface area contributed by atoms with Gasteiger partial charge in [0.1, 0.15) is 11.7 Å². The first kappa shape index (κ1) is 21.7. The summed E-state index contributed by atoms with van der Waals surface area (Å²) >= 11 is 0. The van der Waals surface area contributed by atoms with Crippen LogP contribution in [0.1, 0.15) is 58.8 Å². The maximum atomic E-state index is 12.8. The fourth-order valence-corrected chi connectivity index (χ4v) is 7.36. The second-order valence-electron chi connectivity index (χ2n) is 9.90. The summed E-state index contributed by atoms with van der Waals surface area (Å²) < 4.78 is 65.8. The van der Waals surface area contributed by atoms with Gasteiger partial charge in [0.2, 0.25) is 0 Å². The molecule has 0 amide bonds. The maximum Gasteiger partial charge on any atom is 0.534 e. The highest BCUT2D eigenvalue weighted by atomic mass is 32.2. The van der Waals surface area contributed by atoms with Gasteiger partial charge in [0.05, 0.1) is 0 Å². The van der Waals surface area contributed by atoms with Crippen molar-refractivity contribution in [2.24, 2.45) is 34.5 Å². The first-order valence-electron chi connectivity index (χ1n) is 10.4. The van der Waals surface area contributed by atoms with E-state index in [1.165, 1.54) is 18.9 Å². The lowest BCUT2D eigenvalue weighted by atomic mass is 9.48. The minimum absolute atomic E-state index is 0.0397. The lowest BCUT2D eigenvalue weighted by Gasteiger charge is -2.56. The molecule has 0 aromatic heterocycles. The van der Waals surface area contributed by atoms with E-state index in [-0.39, 0.29) is 12.3 Å². The Morgan fingerprint density at radius 2 is 1.90 bits per heavy atom. The summed E-state index contributed by atoms with van der Waals surface area (Å²) in [4.78, 5) is 11.9. The SMILES string of the molecule is C[C@@]12CCC[C@H]1[C@@H]1CC=C3C=C(OS(=O)(=O)C(F)(F)F)C(C(=O)O)C[C@]3(C)[C@@H]1CC2. The van der Waals surface area contributed by atoms with Crippen LogP contribution >= 0.6 is 0 Å². The predicted molar refractivity (Wildman–Crippen MR) is 102 cm³/mol. The van der Waals surface area contributed by atoms with Crippen molar-refractivity contribution < 1.29 is 35.7 Å². The van der Waals surface area contributed by atoms with Gasteiger partial charge in [-0.15, -0.1) is 0 Å². The standard InChI is InChI=1S/C21H27F3O5S/c1-19-8-3-4-15(19)13-6-5-12-10-17(29-30(27,28)21(22,23)24)14(18(25)26)11-20(12,2)16(13)7-9-19/h5,10,13-16H,3-4,6-9,11H2,1-2H3,(H,25,26)/t13-,14?,15-,16+,19-,20-/m0/s1. The van der Waals surface area contributed by atoms with E-state index in [4.69, 9.17) is 0 Å². The zero-order valence-electron chi connectivity index (χ0n) is 17.0. The Kier molecular flexibility index (Phi) is 4.88. The van der Waals surface area contributed by atoms with E-state index in [2.05, 4.69) is 11.1 Å². The van der Waals surface area contributed by atoms with Gasteiger partial charge < -0.3 is 9.29 Å². The van der Waals surface area contributed by atoms with Gasteiger partial charge in [0.25, 0.3) is 0 Å². The van der Waals surface area contributed by atoms with Crippen molar-refractivity contribution in [3.8, 4) is 0 Å². The van der Waals surface area contributed by atoms with Gasteiger partial charge in [0.15, 0.2) is 0 Å². The third-order valence-corrected chi connectivity index (χ3v) is 9.34. The molecule has 30 heavy (non-hydrogen) atoms. The summed E-state index contributed by atoms with van der Waals surface area (Å²) in [7, 11) is -5.92. The molecule has 1 N–H and O–H groups in total. The Bertz CT molecular complexity index is 921. The first-order chi connectivity index (χ1) is 13.8. The molecule has 5 nitrogen and oxygen atoms in total. The van der Waals surface area contributed by atoms with Gasteiger partial charge >= 0.3 is 21.6 Å². The highest BCUT2D eigenvalue weighted by Crippen LogP contribution is 2.65. The van der Waals surface area contributed by atoms with Gasteiger partial charge in [-0.1, -0.05) is 26.3 Å². The molecule has 0 bridgehead atoms. The predicted octanol–water partition coefficient (Wildman–Crippen LogP) is 5.01. The fraction of sp³-hybridized carbons (Fsp3) is 0.762. The summed E-state index contributed by atoms with van der Waals surface area (Å²) in [5, 5.41) is 9.68. The summed E-state index contributed by atoms with van der Waals surface area (Å²) in [6, 6.07) is 0. The van der Waals surface area contributed by atoms with E-state index >= 15 is 0 Å². The molecule has 168 valence electrons. The number of aliphatic carboxylic acids is 1. The van der Waals surface area contributed by atoms with Crippen molar-refractivity contribution >= 4 is 16.1 Å². The van der Waals surface area contributed by atoms with Crippen LogP contribution in [0.4, 0.5) is 13.2 Å². The smallest absolute Gasteiger partial charge is 0.481 e. The number of hydrogen-bond donors (Lipinski definition) is 1. The van der Waals surface area contributed by atoms with Gasteiger partial charge in [-0.2, -0.15) is 21.6 Å². The van der Waals surface area contributed by atoms with Gasteiger partial charge in [-0.25, -0.2) is 0 Å². The van der Waals surface area contributed by atoms with E-state index in [1.54, 1.807) is 0 Å². The van der Waals surface area contributed by atoms with E-state index in [0.29, 0.717) is 22.8 Å². The van der Waals surface area contributed by atoms with Crippen LogP contribution in [0, 0.1) is 34.5 Å². The van der Waals surface area contributed by atoms with E-state index in [9.17, 15) is 31.5 Å². The summed E-state index contributed by atoms with van der Waals surface area (Å²) in [6.07, 6.45) is 9.60. The van der Waals surface area contributed by atoms with Crippen molar-refractivity contribution in [2.75, 3.05) is 0 Å². The van der Waals surface area contributed by atoms with Crippen LogP contribution in [0.25, 0.3) is 0 Å². The Hall–Kier alpha value is -1.51. The molecule has 4 rings (SSSR count). The molecule has 9 heteroatoms. The molecule has 0 aliphatic heterocycles. The average Bonchev–Trinajstić information content (AvgIpc) is 3.02. The molecule has 6 atom stereocenters. The third kappa shape index (κ3) is 3.19. The highest BCUT2D eigenvalue weighted by Gasteiger charge is 2.58. The Balaban J connectivity index is 1.72. The molecule has 4 aliphatic rings. The highest BCUT2D eigenvalue weighted by molar-refractivity contribution is 7.87. The van der Waals surface area contributed by atoms with Gasteiger partial charge in [-0.05, 0) is 78.8 Å². The lowest BCUT2D eigenvalue weighted by molar-refractivity contribution is -0.143. The van der Waals surface area contributed by atoms with Crippen LogP contribution in [0.2, 0.25) is 0 Å². The second-order valence-corrected chi connectivity index (χ2v) is 11.4. The monoisotopic (exact) mass is 448 g/mol. The van der Waals surface area contributed by atoms with E-state index in [0.717, 1.165) is 25.7 Å². The largest absolute Gasteiger partial charge is 0.534 e. The van der Waals surface area contributed by atoms with Crippen LogP contribution < -0.4 is 0 Å². The number of rotatable bonds is 3. The molecule has 0 spiro atoms. The number of carboxylic acid groups (broad SMARTS) is 1. The van der Waals surface area contributed by atoms with E-state index < -0.39 is 38.7 Å². The van der Waals surface area contributed by atoms with Crippen LogP contribution in [0.3, 0.4) is 0 Å². The maximum absolute atomic E-state index is 12.8. The molecule has 2 saturated carbocycles. The van der Waals surface area contributed by atoms with Crippen molar-refractivity contribution in [3.63, 3.8) is 0 Å². The molecule has 4 aliphatic carbocycles. The van der Waals surface area contributed by atoms with Crippen molar-refractivity contribution in [1.82, 2.24) is 0 Å². The van der Waals surface area contributed by atoms with Crippen LogP contribution in [-0.4, -0.2) is 25.0 Å². The second kappa shape index (κ2) is 6.74.